The standard InChI is InChI=1S/C25H25N5O5/c1-14-9-16(3)30-25(26-14)27-23(28-30)24(32)34-13-20(31)19-10-15(2)29(17(19)4)11-18-12-33-21-7-5-6-8-22(21)35-18/h5-10,18H,11-13H2,1-4H3/t18-/m0/s1. The lowest BCUT2D eigenvalue weighted by Crippen LogP contribution is -2.33. The van der Waals surface area contributed by atoms with Crippen LogP contribution in [0.1, 0.15) is 43.8 Å². The predicted molar refractivity (Wildman–Crippen MR) is 125 cm³/mol. The minimum Gasteiger partial charge on any atom is -0.486 e. The number of carbonyl (C=O) groups is 2. The van der Waals surface area contributed by atoms with Gasteiger partial charge in [0, 0.05) is 28.3 Å². The van der Waals surface area contributed by atoms with Crippen molar-refractivity contribution in [2.45, 2.75) is 40.3 Å². The summed E-state index contributed by atoms with van der Waals surface area (Å²) < 4.78 is 20.6. The number of Topliss-reactive ketones (excluding diaryl/α,β-unsaturated/α-hetero) is 1. The van der Waals surface area contributed by atoms with E-state index >= 15 is 0 Å². The third-order valence-electron chi connectivity index (χ3n) is 5.96. The van der Waals surface area contributed by atoms with Crippen molar-refractivity contribution in [1.29, 1.82) is 0 Å². The molecule has 1 aromatic carbocycles. The predicted octanol–water partition coefficient (Wildman–Crippen LogP) is 3.04. The molecule has 0 fully saturated rings. The van der Waals surface area contributed by atoms with Crippen molar-refractivity contribution in [1.82, 2.24) is 24.1 Å². The maximum absolute atomic E-state index is 12.9. The Kier molecular flexibility index (Phi) is 5.72. The van der Waals surface area contributed by atoms with Crippen LogP contribution in [0.25, 0.3) is 5.78 Å². The second kappa shape index (κ2) is 8.86. The minimum absolute atomic E-state index is 0.140. The van der Waals surface area contributed by atoms with E-state index in [1.54, 1.807) is 6.07 Å². The van der Waals surface area contributed by atoms with E-state index in [-0.39, 0.29) is 17.7 Å². The number of ether oxygens (including phenoxy) is 3. The summed E-state index contributed by atoms with van der Waals surface area (Å²) >= 11 is 0. The van der Waals surface area contributed by atoms with Crippen molar-refractivity contribution in [2.75, 3.05) is 13.2 Å². The van der Waals surface area contributed by atoms with Gasteiger partial charge in [-0.1, -0.05) is 12.1 Å². The van der Waals surface area contributed by atoms with Crippen LogP contribution in [0.4, 0.5) is 0 Å². The Hall–Kier alpha value is -4.21. The molecule has 0 aliphatic carbocycles. The smallest absolute Gasteiger partial charge is 0.378 e. The van der Waals surface area contributed by atoms with E-state index in [1.807, 2.05) is 62.6 Å². The van der Waals surface area contributed by atoms with E-state index in [0.717, 1.165) is 28.5 Å². The first-order chi connectivity index (χ1) is 16.8. The first-order valence-corrected chi connectivity index (χ1v) is 11.3. The zero-order valence-corrected chi connectivity index (χ0v) is 19.9. The van der Waals surface area contributed by atoms with Crippen molar-refractivity contribution >= 4 is 17.5 Å². The lowest BCUT2D eigenvalue weighted by Gasteiger charge is -2.27. The SMILES string of the molecule is Cc1cc(C)n2nc(C(=O)OCC(=O)c3cc(C)n(C[C@H]4COc5ccccc5O4)c3C)nc2n1. The second-order valence-electron chi connectivity index (χ2n) is 8.58. The summed E-state index contributed by atoms with van der Waals surface area (Å²) in [6, 6.07) is 11.2. The van der Waals surface area contributed by atoms with Crippen molar-refractivity contribution in [3.8, 4) is 11.5 Å². The summed E-state index contributed by atoms with van der Waals surface area (Å²) in [7, 11) is 0. The molecule has 1 aliphatic rings. The molecule has 4 aromatic rings. The fraction of sp³-hybridized carbons (Fsp3) is 0.320. The molecule has 4 heterocycles. The van der Waals surface area contributed by atoms with Gasteiger partial charge in [0.1, 0.15) is 6.61 Å². The Balaban J connectivity index is 1.25. The van der Waals surface area contributed by atoms with E-state index in [2.05, 4.69) is 15.1 Å². The average molecular weight is 476 g/mol. The Morgan fingerprint density at radius 1 is 1.06 bits per heavy atom. The van der Waals surface area contributed by atoms with Crippen LogP contribution in [0.2, 0.25) is 0 Å². The first-order valence-electron chi connectivity index (χ1n) is 11.3. The molecule has 35 heavy (non-hydrogen) atoms. The molecule has 0 N–H and O–H groups in total. The molecule has 180 valence electrons. The highest BCUT2D eigenvalue weighted by molar-refractivity contribution is 6.00. The average Bonchev–Trinajstić information content (AvgIpc) is 3.39. The number of benzene rings is 1. The van der Waals surface area contributed by atoms with Crippen LogP contribution in [0, 0.1) is 27.7 Å². The van der Waals surface area contributed by atoms with E-state index in [0.29, 0.717) is 30.2 Å². The molecule has 0 saturated heterocycles. The number of rotatable bonds is 6. The number of aryl methyl sites for hydroxylation is 3. The molecule has 1 atom stereocenters. The van der Waals surface area contributed by atoms with Gasteiger partial charge in [-0.15, -0.1) is 5.10 Å². The van der Waals surface area contributed by atoms with Crippen molar-refractivity contribution in [3.63, 3.8) is 0 Å². The van der Waals surface area contributed by atoms with Crippen molar-refractivity contribution in [2.24, 2.45) is 0 Å². The third kappa shape index (κ3) is 4.34. The highest BCUT2D eigenvalue weighted by atomic mass is 16.6. The molecule has 1 aliphatic heterocycles. The zero-order chi connectivity index (χ0) is 24.7. The van der Waals surface area contributed by atoms with Gasteiger partial charge in [0.2, 0.25) is 5.78 Å². The molecule has 10 heteroatoms. The number of hydrogen-bond donors (Lipinski definition) is 0. The maximum Gasteiger partial charge on any atom is 0.378 e. The van der Waals surface area contributed by atoms with Gasteiger partial charge in [-0.3, -0.25) is 4.79 Å². The molecule has 0 bridgehead atoms. The third-order valence-corrected chi connectivity index (χ3v) is 5.96. The quantitative estimate of drug-likeness (QED) is 0.309. The van der Waals surface area contributed by atoms with E-state index in [4.69, 9.17) is 14.2 Å². The topological polar surface area (TPSA) is 110 Å². The van der Waals surface area contributed by atoms with Gasteiger partial charge in [0.25, 0.3) is 11.6 Å². The monoisotopic (exact) mass is 475 g/mol. The van der Waals surface area contributed by atoms with Crippen molar-refractivity contribution < 1.29 is 23.8 Å². The number of aromatic nitrogens is 5. The number of hydrogen-bond acceptors (Lipinski definition) is 8. The number of fused-ring (bicyclic) bond motifs is 2. The van der Waals surface area contributed by atoms with Gasteiger partial charge in [-0.05, 0) is 52.0 Å². The minimum atomic E-state index is -0.777. The number of carbonyl (C=O) groups excluding carboxylic acids is 2. The van der Waals surface area contributed by atoms with Crippen LogP contribution >= 0.6 is 0 Å². The van der Waals surface area contributed by atoms with Gasteiger partial charge >= 0.3 is 5.97 Å². The highest BCUT2D eigenvalue weighted by Gasteiger charge is 2.25. The molecule has 0 radical (unpaired) electrons. The molecule has 0 unspecified atom stereocenters. The Morgan fingerprint density at radius 2 is 1.83 bits per heavy atom. The van der Waals surface area contributed by atoms with Gasteiger partial charge in [-0.2, -0.15) is 4.98 Å². The van der Waals surface area contributed by atoms with E-state index in [1.165, 1.54) is 4.52 Å². The molecule has 5 rings (SSSR count). The van der Waals surface area contributed by atoms with Crippen LogP contribution in [0.15, 0.2) is 36.4 Å². The lowest BCUT2D eigenvalue weighted by atomic mass is 10.1. The summed E-state index contributed by atoms with van der Waals surface area (Å²) in [6.45, 7) is 7.98. The second-order valence-corrected chi connectivity index (χ2v) is 8.58. The number of ketones is 1. The summed E-state index contributed by atoms with van der Waals surface area (Å²) in [5.74, 6) is 0.512. The molecule has 0 amide bonds. The van der Waals surface area contributed by atoms with E-state index in [9.17, 15) is 9.59 Å². The molecule has 0 spiro atoms. The maximum atomic E-state index is 12.9. The van der Waals surface area contributed by atoms with Crippen LogP contribution in [-0.2, 0) is 11.3 Å². The fourth-order valence-electron chi connectivity index (χ4n) is 4.25. The van der Waals surface area contributed by atoms with Gasteiger partial charge in [0.15, 0.2) is 24.2 Å². The largest absolute Gasteiger partial charge is 0.486 e. The van der Waals surface area contributed by atoms with Crippen LogP contribution < -0.4 is 9.47 Å². The lowest BCUT2D eigenvalue weighted by molar-refractivity contribution is 0.0462. The Bertz CT molecular complexity index is 1450. The van der Waals surface area contributed by atoms with Gasteiger partial charge < -0.3 is 18.8 Å². The number of esters is 1. The Morgan fingerprint density at radius 3 is 2.63 bits per heavy atom. The molecule has 3 aromatic heterocycles. The molecule has 10 nitrogen and oxygen atoms in total. The fourth-order valence-corrected chi connectivity index (χ4v) is 4.25. The highest BCUT2D eigenvalue weighted by Crippen LogP contribution is 2.31. The number of para-hydroxylation sites is 2. The van der Waals surface area contributed by atoms with Crippen LogP contribution in [0.5, 0.6) is 11.5 Å². The van der Waals surface area contributed by atoms with Gasteiger partial charge in [-0.25, -0.2) is 14.3 Å². The Labute approximate surface area is 201 Å². The first kappa shape index (κ1) is 22.6. The van der Waals surface area contributed by atoms with Crippen molar-refractivity contribution in [3.05, 3.63) is 70.6 Å². The van der Waals surface area contributed by atoms with Crippen LogP contribution in [-0.4, -0.2) is 55.2 Å². The zero-order valence-electron chi connectivity index (χ0n) is 19.9. The molecule has 0 saturated carbocycles. The summed E-state index contributed by atoms with van der Waals surface area (Å²) in [6.07, 6.45) is -0.197. The summed E-state index contributed by atoms with van der Waals surface area (Å²) in [5, 5.41) is 4.15. The molecular weight excluding hydrogens is 450 g/mol. The normalized spacial score (nSPS) is 14.8. The summed E-state index contributed by atoms with van der Waals surface area (Å²) in [4.78, 5) is 33.8. The number of nitrogens with zero attached hydrogens (tertiary/aromatic N) is 5. The van der Waals surface area contributed by atoms with Gasteiger partial charge in [0.05, 0.1) is 6.54 Å². The van der Waals surface area contributed by atoms with Crippen LogP contribution in [0.3, 0.4) is 0 Å². The van der Waals surface area contributed by atoms with E-state index < -0.39 is 12.6 Å². The molecular formula is C25H25N5O5. The summed E-state index contributed by atoms with van der Waals surface area (Å²) in [5.41, 5.74) is 3.72.